The molecule has 0 spiro atoms. The van der Waals surface area contributed by atoms with Gasteiger partial charge in [-0.15, -0.1) is 0 Å². The summed E-state index contributed by atoms with van der Waals surface area (Å²) in [5, 5.41) is 0. The van der Waals surface area contributed by atoms with Crippen molar-refractivity contribution in [1.29, 1.82) is 0 Å². The molecule has 0 bridgehead atoms. The van der Waals surface area contributed by atoms with Gasteiger partial charge in [-0.05, 0) is 0 Å². The van der Waals surface area contributed by atoms with Crippen molar-refractivity contribution in [3.63, 3.8) is 0 Å². The second-order valence-electron chi connectivity index (χ2n) is 14.4. The van der Waals surface area contributed by atoms with Crippen LogP contribution in [0.2, 0.25) is 0 Å². The Morgan fingerprint density at radius 1 is 0.667 bits per heavy atom. The van der Waals surface area contributed by atoms with Gasteiger partial charge in [-0.1, -0.05) is 0 Å². The van der Waals surface area contributed by atoms with E-state index in [-0.39, 0.29) is 10.8 Å². The van der Waals surface area contributed by atoms with Crippen molar-refractivity contribution in [1.82, 2.24) is 0 Å². The van der Waals surface area contributed by atoms with Crippen molar-refractivity contribution in [2.24, 2.45) is 0 Å². The molecule has 2 aliphatic carbocycles. The molecule has 0 saturated carbocycles. The summed E-state index contributed by atoms with van der Waals surface area (Å²) in [6, 6.07) is 31.0. The monoisotopic (exact) mass is 626 g/mol. The quantitative estimate of drug-likeness (QED) is 0.186. The van der Waals surface area contributed by atoms with Gasteiger partial charge in [0.1, 0.15) is 0 Å². The summed E-state index contributed by atoms with van der Waals surface area (Å²) >= 11 is -2.70. The van der Waals surface area contributed by atoms with Crippen molar-refractivity contribution in [3.05, 3.63) is 145 Å². The molecule has 4 aromatic carbocycles. The number of hydrogen-bond acceptors (Lipinski definition) is 0. The molecule has 6 rings (SSSR count). The Kier molecular flexibility index (Phi) is 7.64. The van der Waals surface area contributed by atoms with Crippen molar-refractivity contribution < 1.29 is 21.3 Å². The van der Waals surface area contributed by atoms with E-state index in [1.54, 1.807) is 15.3 Å². The molecule has 0 atom stereocenters. The van der Waals surface area contributed by atoms with Gasteiger partial charge in [0, 0.05) is 0 Å². The summed E-state index contributed by atoms with van der Waals surface area (Å²) in [5.41, 5.74) is 14.6. The molecule has 212 valence electrons. The van der Waals surface area contributed by atoms with Crippen LogP contribution in [0.25, 0.3) is 11.1 Å². The van der Waals surface area contributed by atoms with E-state index in [9.17, 15) is 0 Å². The number of aryl methyl sites for hydroxylation is 2. The zero-order valence-electron chi connectivity index (χ0n) is 26.7. The third kappa shape index (κ3) is 5.58. The summed E-state index contributed by atoms with van der Waals surface area (Å²) in [6.07, 6.45) is 9.26. The molecule has 0 unspecified atom stereocenters. The van der Waals surface area contributed by atoms with Gasteiger partial charge in [0.2, 0.25) is 0 Å². The van der Waals surface area contributed by atoms with Crippen LogP contribution in [0.3, 0.4) is 0 Å². The molecule has 1 heteroatoms. The van der Waals surface area contributed by atoms with Crippen LogP contribution in [0.1, 0.15) is 92.5 Å². The first-order valence-electron chi connectivity index (χ1n) is 15.5. The van der Waals surface area contributed by atoms with Crippen molar-refractivity contribution in [3.8, 4) is 11.1 Å². The van der Waals surface area contributed by atoms with Gasteiger partial charge in [0.05, 0.1) is 0 Å². The molecule has 0 aromatic heterocycles. The van der Waals surface area contributed by atoms with Gasteiger partial charge in [-0.2, -0.15) is 0 Å². The summed E-state index contributed by atoms with van der Waals surface area (Å²) in [7, 11) is 0. The minimum absolute atomic E-state index is 0.0670. The van der Waals surface area contributed by atoms with Crippen LogP contribution in [0, 0.1) is 13.8 Å². The molecule has 0 radical (unpaired) electrons. The average Bonchev–Trinajstić information content (AvgIpc) is 3.58. The third-order valence-corrected chi connectivity index (χ3v) is 16.5. The van der Waals surface area contributed by atoms with E-state index in [4.69, 9.17) is 0 Å². The Morgan fingerprint density at radius 2 is 1.29 bits per heavy atom. The van der Waals surface area contributed by atoms with Crippen molar-refractivity contribution in [2.75, 3.05) is 0 Å². The first kappa shape index (κ1) is 29.2. The van der Waals surface area contributed by atoms with E-state index in [1.165, 1.54) is 50.1 Å². The molecule has 0 heterocycles. The Bertz CT molecular complexity index is 1750. The van der Waals surface area contributed by atoms with Gasteiger partial charge >= 0.3 is 263 Å². The van der Waals surface area contributed by atoms with Gasteiger partial charge in [0.25, 0.3) is 0 Å². The first-order valence-corrected chi connectivity index (χ1v) is 19.1. The van der Waals surface area contributed by atoms with E-state index < -0.39 is 21.3 Å². The zero-order chi connectivity index (χ0) is 29.8. The summed E-state index contributed by atoms with van der Waals surface area (Å²) < 4.78 is 4.95. The minimum atomic E-state index is -2.70. The molecule has 0 aliphatic heterocycles. The SMILES string of the molecule is Cc1cccc([C](c2cccc(C)c2)=[Zr]([C]2=CC=CC2)[c]2cc(C(C)(C)C)cc3c2Cc2ccc(C(C)(C)C)cc2-3)c1. The van der Waals surface area contributed by atoms with E-state index in [0.29, 0.717) is 0 Å². The van der Waals surface area contributed by atoms with Crippen LogP contribution in [0.5, 0.6) is 0 Å². The number of rotatable bonds is 4. The van der Waals surface area contributed by atoms with Gasteiger partial charge in [-0.3, -0.25) is 0 Å². The van der Waals surface area contributed by atoms with Gasteiger partial charge < -0.3 is 0 Å². The molecule has 0 nitrogen and oxygen atoms in total. The van der Waals surface area contributed by atoms with Crippen LogP contribution in [-0.2, 0) is 38.5 Å². The maximum atomic E-state index is 2.65. The first-order chi connectivity index (χ1) is 19.9. The predicted octanol–water partition coefficient (Wildman–Crippen LogP) is 9.83. The molecule has 2 aliphatic rings. The van der Waals surface area contributed by atoms with Gasteiger partial charge in [-0.25, -0.2) is 0 Å². The third-order valence-electron chi connectivity index (χ3n) is 8.97. The van der Waals surface area contributed by atoms with E-state index in [0.717, 1.165) is 12.8 Å². The van der Waals surface area contributed by atoms with Crippen LogP contribution < -0.4 is 3.27 Å². The van der Waals surface area contributed by atoms with E-state index in [2.05, 4.69) is 152 Å². The average molecular weight is 628 g/mol. The molecular formula is C41H44Zr. The molecule has 0 saturated heterocycles. The molecule has 4 aromatic rings. The second kappa shape index (κ2) is 11.0. The Morgan fingerprint density at radius 3 is 1.83 bits per heavy atom. The Hall–Kier alpha value is -2.89. The van der Waals surface area contributed by atoms with Gasteiger partial charge in [0.15, 0.2) is 0 Å². The predicted molar refractivity (Wildman–Crippen MR) is 179 cm³/mol. The fourth-order valence-corrected chi connectivity index (χ4v) is 14.5. The normalized spacial score (nSPS) is 14.0. The van der Waals surface area contributed by atoms with Crippen LogP contribution in [-0.4, -0.2) is 3.21 Å². The summed E-state index contributed by atoms with van der Waals surface area (Å²) in [5.74, 6) is 0. The standard InChI is InChI=1S/C21H25.C15H14.C5H5.Zr/c1-20(2,3)16-9-7-14-11-15-8-10-17(21(4,5)6)13-19(15)18(14)12-16;1-12-5-3-7-14(9-12)11-15-8-4-6-13(2)10-15;1-2-4-5-3-1;/h7,9-10,12-13H,11H2,1-6H3;3-10H,1-2H3;1-3H,4H2;. The molecule has 0 fully saturated rings. The van der Waals surface area contributed by atoms with Crippen molar-refractivity contribution >= 4 is 6.48 Å². The molecule has 0 amide bonds. The number of hydrogen-bond donors (Lipinski definition) is 0. The Balaban J connectivity index is 1.74. The van der Waals surface area contributed by atoms with E-state index in [1.807, 2.05) is 0 Å². The number of benzene rings is 4. The fraction of sp³-hybridized carbons (Fsp3) is 0.293. The number of fused-ring (bicyclic) bond motifs is 3. The Labute approximate surface area is 261 Å². The zero-order valence-corrected chi connectivity index (χ0v) is 29.1. The molecule has 42 heavy (non-hydrogen) atoms. The van der Waals surface area contributed by atoms with Crippen LogP contribution >= 0.6 is 0 Å². The number of allylic oxidation sites excluding steroid dienone is 4. The second-order valence-corrected chi connectivity index (χ2v) is 20.4. The maximum absolute atomic E-state index is 2.70. The van der Waals surface area contributed by atoms with Crippen molar-refractivity contribution in [2.45, 2.75) is 79.1 Å². The molecular weight excluding hydrogens is 584 g/mol. The van der Waals surface area contributed by atoms with Crippen LogP contribution in [0.15, 0.2) is 100 Å². The fourth-order valence-electron chi connectivity index (χ4n) is 6.55. The van der Waals surface area contributed by atoms with E-state index >= 15 is 0 Å². The topological polar surface area (TPSA) is 0 Å². The summed E-state index contributed by atoms with van der Waals surface area (Å²) in [4.78, 5) is 0. The molecule has 0 N–H and O–H groups in total. The summed E-state index contributed by atoms with van der Waals surface area (Å²) in [6.45, 7) is 18.6. The van der Waals surface area contributed by atoms with Crippen LogP contribution in [0.4, 0.5) is 0 Å².